The second kappa shape index (κ2) is 5.09. The van der Waals surface area contributed by atoms with Crippen LogP contribution in [0, 0.1) is 5.92 Å². The molecule has 5 nitrogen and oxygen atoms in total. The maximum absolute atomic E-state index is 12.4. The molecule has 21 heavy (non-hydrogen) atoms. The Bertz CT molecular complexity index is 678. The summed E-state index contributed by atoms with van der Waals surface area (Å²) in [4.78, 5) is 16.8. The van der Waals surface area contributed by atoms with Crippen LogP contribution in [0.5, 0.6) is 0 Å². The van der Waals surface area contributed by atoms with E-state index in [2.05, 4.69) is 21.2 Å². The van der Waals surface area contributed by atoms with Gasteiger partial charge in [-0.25, -0.2) is 5.43 Å². The molecule has 2 unspecified atom stereocenters. The average Bonchev–Trinajstić information content (AvgIpc) is 3.25. The van der Waals surface area contributed by atoms with Crippen LogP contribution in [-0.4, -0.2) is 23.0 Å². The Kier molecular flexibility index (Phi) is 3.09. The van der Waals surface area contributed by atoms with Crippen LogP contribution in [0.25, 0.3) is 10.9 Å². The molecule has 0 radical (unpaired) electrons. The molecule has 2 aromatic rings. The SMILES string of the molecule is O=C(Nc1cccc2cccnc12)C1CC(C2CC2)NN1. The number of para-hydroxylation sites is 1. The van der Waals surface area contributed by atoms with Crippen molar-refractivity contribution in [1.82, 2.24) is 15.8 Å². The summed E-state index contributed by atoms with van der Waals surface area (Å²) in [6, 6.07) is 9.99. The number of pyridine rings is 1. The summed E-state index contributed by atoms with van der Waals surface area (Å²) >= 11 is 0. The number of rotatable bonds is 3. The molecule has 1 aliphatic heterocycles. The number of nitrogens with zero attached hydrogens (tertiary/aromatic N) is 1. The molecule has 1 saturated carbocycles. The molecule has 1 saturated heterocycles. The zero-order chi connectivity index (χ0) is 14.2. The van der Waals surface area contributed by atoms with Crippen LogP contribution >= 0.6 is 0 Å². The van der Waals surface area contributed by atoms with Gasteiger partial charge >= 0.3 is 0 Å². The van der Waals surface area contributed by atoms with Crippen molar-refractivity contribution in [3.05, 3.63) is 36.5 Å². The number of hydrogen-bond donors (Lipinski definition) is 3. The predicted molar refractivity (Wildman–Crippen MR) is 81.6 cm³/mol. The zero-order valence-electron chi connectivity index (χ0n) is 11.7. The summed E-state index contributed by atoms with van der Waals surface area (Å²) < 4.78 is 0. The summed E-state index contributed by atoms with van der Waals surface area (Å²) in [6.07, 6.45) is 5.16. The van der Waals surface area contributed by atoms with Crippen molar-refractivity contribution in [2.24, 2.45) is 5.92 Å². The number of hydrazine groups is 1. The minimum atomic E-state index is -0.172. The lowest BCUT2D eigenvalue weighted by molar-refractivity contribution is -0.117. The molecule has 2 atom stereocenters. The minimum Gasteiger partial charge on any atom is -0.323 e. The molecule has 2 heterocycles. The van der Waals surface area contributed by atoms with E-state index in [-0.39, 0.29) is 11.9 Å². The minimum absolute atomic E-state index is 0.00352. The van der Waals surface area contributed by atoms with Crippen LogP contribution < -0.4 is 16.2 Å². The van der Waals surface area contributed by atoms with Crippen LogP contribution in [0.15, 0.2) is 36.5 Å². The number of carbonyl (C=O) groups is 1. The van der Waals surface area contributed by atoms with E-state index in [1.54, 1.807) is 6.20 Å². The van der Waals surface area contributed by atoms with E-state index in [1.807, 2.05) is 30.3 Å². The van der Waals surface area contributed by atoms with Crippen LogP contribution in [0.3, 0.4) is 0 Å². The van der Waals surface area contributed by atoms with Crippen molar-refractivity contribution >= 4 is 22.5 Å². The van der Waals surface area contributed by atoms with Crippen LogP contribution in [-0.2, 0) is 4.79 Å². The lowest BCUT2D eigenvalue weighted by Crippen LogP contribution is -2.40. The summed E-state index contributed by atoms with van der Waals surface area (Å²) in [5.41, 5.74) is 7.96. The Balaban J connectivity index is 1.50. The number of carbonyl (C=O) groups excluding carboxylic acids is 1. The third-order valence-corrected chi connectivity index (χ3v) is 4.33. The number of aromatic nitrogens is 1. The molecule has 3 N–H and O–H groups in total. The first-order valence-corrected chi connectivity index (χ1v) is 7.47. The normalized spacial score (nSPS) is 25.1. The van der Waals surface area contributed by atoms with Crippen molar-refractivity contribution in [3.8, 4) is 0 Å². The maximum atomic E-state index is 12.4. The number of nitrogens with one attached hydrogen (secondary N) is 3. The highest BCUT2D eigenvalue weighted by Gasteiger charge is 2.38. The maximum Gasteiger partial charge on any atom is 0.242 e. The van der Waals surface area contributed by atoms with E-state index in [9.17, 15) is 4.79 Å². The fraction of sp³-hybridized carbons (Fsp3) is 0.375. The first-order chi connectivity index (χ1) is 10.3. The molecule has 0 bridgehead atoms. The van der Waals surface area contributed by atoms with E-state index in [4.69, 9.17) is 0 Å². The van der Waals surface area contributed by atoms with Gasteiger partial charge in [0.05, 0.1) is 11.2 Å². The molecule has 1 amide bonds. The van der Waals surface area contributed by atoms with E-state index >= 15 is 0 Å². The molecule has 1 aromatic carbocycles. The van der Waals surface area contributed by atoms with Crippen LogP contribution in [0.2, 0.25) is 0 Å². The molecular weight excluding hydrogens is 264 g/mol. The highest BCUT2D eigenvalue weighted by Crippen LogP contribution is 2.35. The summed E-state index contributed by atoms with van der Waals surface area (Å²) in [6.45, 7) is 0. The van der Waals surface area contributed by atoms with Gasteiger partial charge in [0.25, 0.3) is 0 Å². The first kappa shape index (κ1) is 12.7. The summed E-state index contributed by atoms with van der Waals surface area (Å²) in [5.74, 6) is 0.748. The Hall–Kier alpha value is -1.98. The van der Waals surface area contributed by atoms with Gasteiger partial charge in [0.15, 0.2) is 0 Å². The van der Waals surface area contributed by atoms with Gasteiger partial charge in [0, 0.05) is 17.6 Å². The zero-order valence-corrected chi connectivity index (χ0v) is 11.7. The average molecular weight is 282 g/mol. The molecule has 4 rings (SSSR count). The second-order valence-corrected chi connectivity index (χ2v) is 5.89. The van der Waals surface area contributed by atoms with E-state index < -0.39 is 0 Å². The number of benzene rings is 1. The van der Waals surface area contributed by atoms with E-state index in [1.165, 1.54) is 12.8 Å². The first-order valence-electron chi connectivity index (χ1n) is 7.47. The molecule has 2 aliphatic rings. The third kappa shape index (κ3) is 2.50. The van der Waals surface area contributed by atoms with Crippen molar-refractivity contribution in [3.63, 3.8) is 0 Å². The topological polar surface area (TPSA) is 66.0 Å². The molecule has 2 fully saturated rings. The van der Waals surface area contributed by atoms with Gasteiger partial charge in [-0.3, -0.25) is 15.2 Å². The van der Waals surface area contributed by atoms with Crippen LogP contribution in [0.1, 0.15) is 19.3 Å². The Morgan fingerprint density at radius 3 is 2.90 bits per heavy atom. The Morgan fingerprint density at radius 2 is 2.05 bits per heavy atom. The van der Waals surface area contributed by atoms with Crippen molar-refractivity contribution in [2.45, 2.75) is 31.3 Å². The summed E-state index contributed by atoms with van der Waals surface area (Å²) in [5, 5.41) is 4.03. The summed E-state index contributed by atoms with van der Waals surface area (Å²) in [7, 11) is 0. The van der Waals surface area contributed by atoms with Gasteiger partial charge in [-0.05, 0) is 37.3 Å². The molecule has 5 heteroatoms. The number of hydrogen-bond acceptors (Lipinski definition) is 4. The second-order valence-electron chi connectivity index (χ2n) is 5.89. The highest BCUT2D eigenvalue weighted by molar-refractivity contribution is 6.02. The van der Waals surface area contributed by atoms with Gasteiger partial charge in [-0.2, -0.15) is 0 Å². The van der Waals surface area contributed by atoms with Crippen LogP contribution in [0.4, 0.5) is 5.69 Å². The van der Waals surface area contributed by atoms with Gasteiger partial charge in [-0.15, -0.1) is 0 Å². The predicted octanol–water partition coefficient (Wildman–Crippen LogP) is 1.82. The van der Waals surface area contributed by atoms with E-state index in [0.717, 1.165) is 28.9 Å². The molecular formula is C16H18N4O. The lowest BCUT2D eigenvalue weighted by atomic mass is 10.1. The molecule has 108 valence electrons. The van der Waals surface area contributed by atoms with Crippen molar-refractivity contribution in [2.75, 3.05) is 5.32 Å². The number of anilines is 1. The van der Waals surface area contributed by atoms with Crippen molar-refractivity contribution in [1.29, 1.82) is 0 Å². The van der Waals surface area contributed by atoms with E-state index in [0.29, 0.717) is 6.04 Å². The highest BCUT2D eigenvalue weighted by atomic mass is 16.2. The Morgan fingerprint density at radius 1 is 1.19 bits per heavy atom. The quantitative estimate of drug-likeness (QED) is 0.803. The fourth-order valence-electron chi connectivity index (χ4n) is 2.99. The Labute approximate surface area is 123 Å². The van der Waals surface area contributed by atoms with Gasteiger partial charge in [-0.1, -0.05) is 18.2 Å². The van der Waals surface area contributed by atoms with Gasteiger partial charge in [0.2, 0.25) is 5.91 Å². The largest absolute Gasteiger partial charge is 0.323 e. The monoisotopic (exact) mass is 282 g/mol. The van der Waals surface area contributed by atoms with Gasteiger partial charge < -0.3 is 5.32 Å². The molecule has 0 spiro atoms. The number of fused-ring (bicyclic) bond motifs is 1. The smallest absolute Gasteiger partial charge is 0.242 e. The third-order valence-electron chi connectivity index (χ3n) is 4.33. The van der Waals surface area contributed by atoms with Gasteiger partial charge in [0.1, 0.15) is 6.04 Å². The molecule has 1 aliphatic carbocycles. The standard InChI is InChI=1S/C16H18N4O/c21-16(14-9-13(19-20-14)10-6-7-10)18-12-5-1-3-11-4-2-8-17-15(11)12/h1-5,8,10,13-14,19-20H,6-7,9H2,(H,18,21). The lowest BCUT2D eigenvalue weighted by Gasteiger charge is -2.12. The molecule has 1 aromatic heterocycles. The van der Waals surface area contributed by atoms with Crippen molar-refractivity contribution < 1.29 is 4.79 Å². The number of amides is 1. The fourth-order valence-corrected chi connectivity index (χ4v) is 2.99.